The molecule has 1 atom stereocenters. The first-order valence-corrected chi connectivity index (χ1v) is 7.91. The van der Waals surface area contributed by atoms with E-state index < -0.39 is 0 Å². The molecule has 2 aliphatic rings. The van der Waals surface area contributed by atoms with Gasteiger partial charge in [0.15, 0.2) is 0 Å². The average Bonchev–Trinajstić information content (AvgIpc) is 2.84. The predicted octanol–water partition coefficient (Wildman–Crippen LogP) is 4.46. The van der Waals surface area contributed by atoms with Gasteiger partial charge >= 0.3 is 0 Å². The standard InChI is InChI=1S/C18H25N/c19-18(15-7-4-2-1-3-5-8-15)17-12-11-14-9-6-10-16(14)13-17/h7,11-13,18H,1-6,8-10,19H2/b15-7+. The maximum Gasteiger partial charge on any atom is 0.0511 e. The van der Waals surface area contributed by atoms with Crippen LogP contribution in [0.2, 0.25) is 0 Å². The molecule has 19 heavy (non-hydrogen) atoms. The second-order valence-corrected chi connectivity index (χ2v) is 6.09. The first kappa shape index (κ1) is 12.9. The lowest BCUT2D eigenvalue weighted by Gasteiger charge is -2.19. The Morgan fingerprint density at radius 3 is 2.63 bits per heavy atom. The highest BCUT2D eigenvalue weighted by atomic mass is 14.6. The molecule has 1 aromatic carbocycles. The van der Waals surface area contributed by atoms with E-state index in [1.807, 2.05) is 0 Å². The van der Waals surface area contributed by atoms with Gasteiger partial charge in [0, 0.05) is 0 Å². The Hall–Kier alpha value is -1.08. The fraction of sp³-hybridized carbons (Fsp3) is 0.556. The van der Waals surface area contributed by atoms with Crippen molar-refractivity contribution in [3.63, 3.8) is 0 Å². The third-order valence-electron chi connectivity index (χ3n) is 4.71. The van der Waals surface area contributed by atoms with E-state index >= 15 is 0 Å². The first-order valence-electron chi connectivity index (χ1n) is 7.91. The molecule has 0 spiro atoms. The van der Waals surface area contributed by atoms with E-state index in [1.165, 1.54) is 68.9 Å². The summed E-state index contributed by atoms with van der Waals surface area (Å²) in [5.74, 6) is 0. The molecule has 2 N–H and O–H groups in total. The van der Waals surface area contributed by atoms with E-state index in [0.29, 0.717) is 0 Å². The van der Waals surface area contributed by atoms with E-state index in [4.69, 9.17) is 5.73 Å². The Bertz CT molecular complexity index is 473. The average molecular weight is 255 g/mol. The van der Waals surface area contributed by atoms with Crippen molar-refractivity contribution >= 4 is 0 Å². The van der Waals surface area contributed by atoms with Crippen molar-refractivity contribution in [2.24, 2.45) is 5.73 Å². The van der Waals surface area contributed by atoms with Crippen LogP contribution in [0.3, 0.4) is 0 Å². The van der Waals surface area contributed by atoms with Crippen LogP contribution in [-0.4, -0.2) is 0 Å². The molecule has 1 nitrogen and oxygen atoms in total. The van der Waals surface area contributed by atoms with Gasteiger partial charge in [-0.15, -0.1) is 0 Å². The summed E-state index contributed by atoms with van der Waals surface area (Å²) in [5, 5.41) is 0. The SMILES string of the molecule is NC(/C1=C/CCCCCC1)c1ccc2c(c1)CCC2. The maximum atomic E-state index is 6.52. The number of fused-ring (bicyclic) bond motifs is 1. The van der Waals surface area contributed by atoms with Crippen LogP contribution in [0.25, 0.3) is 0 Å². The number of aryl methyl sites for hydroxylation is 2. The van der Waals surface area contributed by atoms with Gasteiger partial charge in [0.25, 0.3) is 0 Å². The lowest BCUT2D eigenvalue weighted by atomic mass is 9.90. The first-order chi connectivity index (χ1) is 9.34. The zero-order valence-electron chi connectivity index (χ0n) is 11.8. The summed E-state index contributed by atoms with van der Waals surface area (Å²) in [6.45, 7) is 0. The summed E-state index contributed by atoms with van der Waals surface area (Å²) in [7, 11) is 0. The molecule has 102 valence electrons. The molecule has 0 bridgehead atoms. The lowest BCUT2D eigenvalue weighted by molar-refractivity contribution is 0.602. The molecule has 0 radical (unpaired) electrons. The van der Waals surface area contributed by atoms with Crippen molar-refractivity contribution in [1.82, 2.24) is 0 Å². The molecule has 1 unspecified atom stereocenters. The molecular formula is C18H25N. The monoisotopic (exact) mass is 255 g/mol. The van der Waals surface area contributed by atoms with E-state index in [-0.39, 0.29) is 6.04 Å². The van der Waals surface area contributed by atoms with Crippen LogP contribution in [0.4, 0.5) is 0 Å². The molecule has 2 aliphatic carbocycles. The summed E-state index contributed by atoms with van der Waals surface area (Å²) in [6, 6.07) is 7.06. The van der Waals surface area contributed by atoms with Crippen molar-refractivity contribution in [1.29, 1.82) is 0 Å². The highest BCUT2D eigenvalue weighted by molar-refractivity contribution is 5.39. The normalized spacial score (nSPS) is 23.9. The van der Waals surface area contributed by atoms with Gasteiger partial charge in [0.1, 0.15) is 0 Å². The predicted molar refractivity (Wildman–Crippen MR) is 81.2 cm³/mol. The summed E-state index contributed by atoms with van der Waals surface area (Å²) < 4.78 is 0. The fourth-order valence-electron chi connectivity index (χ4n) is 3.50. The largest absolute Gasteiger partial charge is 0.321 e. The molecular weight excluding hydrogens is 230 g/mol. The maximum absolute atomic E-state index is 6.52. The summed E-state index contributed by atoms with van der Waals surface area (Å²) in [4.78, 5) is 0. The van der Waals surface area contributed by atoms with Gasteiger partial charge in [0.05, 0.1) is 6.04 Å². The molecule has 0 heterocycles. The second kappa shape index (κ2) is 5.92. The minimum atomic E-state index is 0.129. The Labute approximate surface area is 116 Å². The third kappa shape index (κ3) is 2.92. The van der Waals surface area contributed by atoms with Crippen LogP contribution in [0.15, 0.2) is 29.8 Å². The molecule has 0 saturated heterocycles. The quantitative estimate of drug-likeness (QED) is 0.776. The number of hydrogen-bond acceptors (Lipinski definition) is 1. The van der Waals surface area contributed by atoms with Crippen LogP contribution < -0.4 is 5.73 Å². The highest BCUT2D eigenvalue weighted by Gasteiger charge is 2.16. The molecule has 0 amide bonds. The van der Waals surface area contributed by atoms with E-state index in [0.717, 1.165) is 0 Å². The number of benzene rings is 1. The van der Waals surface area contributed by atoms with Crippen LogP contribution in [0, 0.1) is 0 Å². The molecule has 0 saturated carbocycles. The molecule has 0 aromatic heterocycles. The van der Waals surface area contributed by atoms with E-state index in [2.05, 4.69) is 24.3 Å². The van der Waals surface area contributed by atoms with Gasteiger partial charge < -0.3 is 5.73 Å². The van der Waals surface area contributed by atoms with Crippen LogP contribution >= 0.6 is 0 Å². The number of allylic oxidation sites excluding steroid dienone is 1. The van der Waals surface area contributed by atoms with Crippen molar-refractivity contribution in [3.8, 4) is 0 Å². The summed E-state index contributed by atoms with van der Waals surface area (Å²) in [6.07, 6.45) is 14.0. The van der Waals surface area contributed by atoms with E-state index in [9.17, 15) is 0 Å². The number of nitrogens with two attached hydrogens (primary N) is 1. The Balaban J connectivity index is 1.80. The lowest BCUT2D eigenvalue weighted by Crippen LogP contribution is -2.14. The highest BCUT2D eigenvalue weighted by Crippen LogP contribution is 2.30. The summed E-state index contributed by atoms with van der Waals surface area (Å²) in [5.41, 5.74) is 12.4. The Morgan fingerprint density at radius 2 is 1.68 bits per heavy atom. The van der Waals surface area contributed by atoms with Gasteiger partial charge in [-0.05, 0) is 61.6 Å². The smallest absolute Gasteiger partial charge is 0.0511 e. The van der Waals surface area contributed by atoms with Crippen molar-refractivity contribution < 1.29 is 0 Å². The number of hydrogen-bond donors (Lipinski definition) is 1. The van der Waals surface area contributed by atoms with Gasteiger partial charge in [-0.3, -0.25) is 0 Å². The zero-order valence-corrected chi connectivity index (χ0v) is 11.8. The van der Waals surface area contributed by atoms with Crippen LogP contribution in [-0.2, 0) is 12.8 Å². The van der Waals surface area contributed by atoms with Crippen molar-refractivity contribution in [3.05, 3.63) is 46.5 Å². The third-order valence-corrected chi connectivity index (χ3v) is 4.71. The fourth-order valence-corrected chi connectivity index (χ4v) is 3.50. The molecule has 3 rings (SSSR count). The van der Waals surface area contributed by atoms with Gasteiger partial charge in [0.2, 0.25) is 0 Å². The Kier molecular flexibility index (Phi) is 4.03. The van der Waals surface area contributed by atoms with Gasteiger partial charge in [-0.2, -0.15) is 0 Å². The molecule has 1 aromatic rings. The van der Waals surface area contributed by atoms with E-state index in [1.54, 1.807) is 11.1 Å². The minimum Gasteiger partial charge on any atom is -0.321 e. The van der Waals surface area contributed by atoms with Crippen molar-refractivity contribution in [2.45, 2.75) is 63.8 Å². The molecule has 0 fully saturated rings. The van der Waals surface area contributed by atoms with Crippen LogP contribution in [0.1, 0.15) is 67.7 Å². The molecule has 1 heteroatoms. The molecule has 0 aliphatic heterocycles. The number of rotatable bonds is 2. The Morgan fingerprint density at radius 1 is 0.842 bits per heavy atom. The second-order valence-electron chi connectivity index (χ2n) is 6.09. The summed E-state index contributed by atoms with van der Waals surface area (Å²) >= 11 is 0. The minimum absolute atomic E-state index is 0.129. The van der Waals surface area contributed by atoms with Gasteiger partial charge in [-0.25, -0.2) is 0 Å². The van der Waals surface area contributed by atoms with Crippen molar-refractivity contribution in [2.75, 3.05) is 0 Å². The topological polar surface area (TPSA) is 26.0 Å². The van der Waals surface area contributed by atoms with Gasteiger partial charge in [-0.1, -0.05) is 42.7 Å². The zero-order chi connectivity index (χ0) is 13.1. The van der Waals surface area contributed by atoms with Crippen LogP contribution in [0.5, 0.6) is 0 Å².